The minimum atomic E-state index is -0.969. The Kier molecular flexibility index (Phi) is 7.18. The van der Waals surface area contributed by atoms with Gasteiger partial charge in [0, 0.05) is 17.9 Å². The third-order valence-corrected chi connectivity index (χ3v) is 2.87. The number of ether oxygens (including phenoxy) is 1. The summed E-state index contributed by atoms with van der Waals surface area (Å²) < 4.78 is 5.30. The van der Waals surface area contributed by atoms with E-state index in [-0.39, 0.29) is 25.9 Å². The molecule has 2 amide bonds. The van der Waals surface area contributed by atoms with E-state index in [1.807, 2.05) is 0 Å². The highest BCUT2D eigenvalue weighted by Crippen LogP contribution is 2.21. The summed E-state index contributed by atoms with van der Waals surface area (Å²) in [6, 6.07) is 5.00. The lowest BCUT2D eigenvalue weighted by molar-refractivity contribution is -0.137. The number of nitrogens with one attached hydrogen (secondary N) is 2. The maximum atomic E-state index is 11.5. The van der Waals surface area contributed by atoms with Crippen molar-refractivity contribution < 1.29 is 24.2 Å². The van der Waals surface area contributed by atoms with Gasteiger partial charge >= 0.3 is 5.97 Å². The van der Waals surface area contributed by atoms with Gasteiger partial charge in [-0.1, -0.05) is 11.6 Å². The van der Waals surface area contributed by atoms with Crippen molar-refractivity contribution in [2.45, 2.75) is 26.2 Å². The zero-order valence-electron chi connectivity index (χ0n) is 12.0. The number of rotatable bonds is 7. The number of carboxylic acid groups (broad SMARTS) is 1. The molecule has 0 radical (unpaired) electrons. The molecule has 0 heterocycles. The highest BCUT2D eigenvalue weighted by molar-refractivity contribution is 6.30. The van der Waals surface area contributed by atoms with Gasteiger partial charge in [0.25, 0.3) is 5.91 Å². The molecule has 7 nitrogen and oxygen atoms in total. The van der Waals surface area contributed by atoms with Crippen LogP contribution in [0.2, 0.25) is 5.02 Å². The number of halogens is 1. The Morgan fingerprint density at radius 3 is 2.50 bits per heavy atom. The standard InChI is InChI=1S/C14H17ClN2O5/c1-9-7-10(15)5-6-11(9)22-8-13(19)17-16-12(18)3-2-4-14(20)21/h5-7H,2-4,8H2,1H3,(H,16,18)(H,17,19)(H,20,21). The van der Waals surface area contributed by atoms with Crippen LogP contribution >= 0.6 is 11.6 Å². The molecule has 8 heteroatoms. The van der Waals surface area contributed by atoms with Gasteiger partial charge in [-0.2, -0.15) is 0 Å². The predicted molar refractivity (Wildman–Crippen MR) is 79.5 cm³/mol. The fraction of sp³-hybridized carbons (Fsp3) is 0.357. The van der Waals surface area contributed by atoms with Crippen LogP contribution in [0.1, 0.15) is 24.8 Å². The molecular formula is C14H17ClN2O5. The molecule has 0 fully saturated rings. The normalized spacial score (nSPS) is 9.91. The monoisotopic (exact) mass is 328 g/mol. The number of carbonyl (C=O) groups excluding carboxylic acids is 2. The summed E-state index contributed by atoms with van der Waals surface area (Å²) in [7, 11) is 0. The van der Waals surface area contributed by atoms with E-state index in [4.69, 9.17) is 21.4 Å². The molecule has 0 aliphatic carbocycles. The van der Waals surface area contributed by atoms with Gasteiger partial charge in [-0.05, 0) is 37.1 Å². The fourth-order valence-corrected chi connectivity index (χ4v) is 1.78. The summed E-state index contributed by atoms with van der Waals surface area (Å²) in [6.07, 6.45) is 0.127. The van der Waals surface area contributed by atoms with E-state index < -0.39 is 17.8 Å². The molecule has 120 valence electrons. The maximum absolute atomic E-state index is 11.5. The van der Waals surface area contributed by atoms with E-state index in [0.29, 0.717) is 10.8 Å². The highest BCUT2D eigenvalue weighted by Gasteiger charge is 2.08. The summed E-state index contributed by atoms with van der Waals surface area (Å²) in [6.45, 7) is 1.53. The lowest BCUT2D eigenvalue weighted by Gasteiger charge is -2.10. The van der Waals surface area contributed by atoms with E-state index in [0.717, 1.165) is 5.56 Å². The van der Waals surface area contributed by atoms with Crippen LogP contribution < -0.4 is 15.6 Å². The highest BCUT2D eigenvalue weighted by atomic mass is 35.5. The Balaban J connectivity index is 2.26. The van der Waals surface area contributed by atoms with Crippen molar-refractivity contribution in [1.82, 2.24) is 10.9 Å². The Labute approximate surface area is 132 Å². The summed E-state index contributed by atoms with van der Waals surface area (Å²) >= 11 is 5.81. The minimum absolute atomic E-state index is 0.0176. The Bertz CT molecular complexity index is 562. The molecule has 0 saturated carbocycles. The van der Waals surface area contributed by atoms with Crippen LogP contribution in [0.15, 0.2) is 18.2 Å². The van der Waals surface area contributed by atoms with Crippen molar-refractivity contribution in [3.63, 3.8) is 0 Å². The number of amides is 2. The van der Waals surface area contributed by atoms with Gasteiger partial charge < -0.3 is 9.84 Å². The summed E-state index contributed by atoms with van der Waals surface area (Å²) in [4.78, 5) is 33.1. The molecule has 0 aliphatic rings. The number of hydrogen-bond acceptors (Lipinski definition) is 4. The van der Waals surface area contributed by atoms with Crippen molar-refractivity contribution in [1.29, 1.82) is 0 Å². The van der Waals surface area contributed by atoms with Gasteiger partial charge in [-0.25, -0.2) is 0 Å². The lowest BCUT2D eigenvalue weighted by Crippen LogP contribution is -2.43. The largest absolute Gasteiger partial charge is 0.483 e. The van der Waals surface area contributed by atoms with Gasteiger partial charge in [0.1, 0.15) is 5.75 Å². The van der Waals surface area contributed by atoms with Crippen molar-refractivity contribution in [2.24, 2.45) is 0 Å². The number of aryl methyl sites for hydroxylation is 1. The zero-order valence-corrected chi connectivity index (χ0v) is 12.8. The number of hydrogen-bond donors (Lipinski definition) is 3. The first-order valence-corrected chi connectivity index (χ1v) is 6.94. The molecule has 0 bridgehead atoms. The van der Waals surface area contributed by atoms with E-state index in [1.165, 1.54) is 0 Å². The number of hydrazine groups is 1. The molecular weight excluding hydrogens is 312 g/mol. The average Bonchev–Trinajstić information content (AvgIpc) is 2.43. The molecule has 0 atom stereocenters. The third-order valence-electron chi connectivity index (χ3n) is 2.63. The molecule has 0 spiro atoms. The maximum Gasteiger partial charge on any atom is 0.303 e. The summed E-state index contributed by atoms with van der Waals surface area (Å²) in [5.74, 6) is -1.44. The first-order valence-electron chi connectivity index (χ1n) is 6.57. The molecule has 1 aromatic rings. The zero-order chi connectivity index (χ0) is 16.5. The molecule has 1 rings (SSSR count). The number of carboxylic acids is 1. The molecule has 0 aromatic heterocycles. The Hall–Kier alpha value is -2.28. The summed E-state index contributed by atoms with van der Waals surface area (Å²) in [5.41, 5.74) is 5.16. The Morgan fingerprint density at radius 2 is 1.86 bits per heavy atom. The van der Waals surface area contributed by atoms with Crippen molar-refractivity contribution in [3.05, 3.63) is 28.8 Å². The Morgan fingerprint density at radius 1 is 1.18 bits per heavy atom. The van der Waals surface area contributed by atoms with Gasteiger partial charge in [-0.3, -0.25) is 25.2 Å². The second-order valence-electron chi connectivity index (χ2n) is 4.54. The predicted octanol–water partition coefficient (Wildman–Crippen LogP) is 1.43. The first kappa shape index (κ1) is 17.8. The SMILES string of the molecule is Cc1cc(Cl)ccc1OCC(=O)NNC(=O)CCCC(=O)O. The van der Waals surface area contributed by atoms with E-state index >= 15 is 0 Å². The molecule has 3 N–H and O–H groups in total. The molecule has 0 aliphatic heterocycles. The van der Waals surface area contributed by atoms with E-state index in [2.05, 4.69) is 10.9 Å². The minimum Gasteiger partial charge on any atom is -0.483 e. The van der Waals surface area contributed by atoms with E-state index in [1.54, 1.807) is 25.1 Å². The average molecular weight is 329 g/mol. The smallest absolute Gasteiger partial charge is 0.303 e. The van der Waals surface area contributed by atoms with Crippen LogP contribution in [0.25, 0.3) is 0 Å². The lowest BCUT2D eigenvalue weighted by atomic mass is 10.2. The third kappa shape index (κ3) is 6.94. The van der Waals surface area contributed by atoms with Crippen LogP contribution in [-0.2, 0) is 14.4 Å². The van der Waals surface area contributed by atoms with Crippen molar-refractivity contribution in [3.8, 4) is 5.75 Å². The topological polar surface area (TPSA) is 105 Å². The van der Waals surface area contributed by atoms with Crippen LogP contribution in [0.3, 0.4) is 0 Å². The molecule has 1 aromatic carbocycles. The van der Waals surface area contributed by atoms with Crippen LogP contribution in [0, 0.1) is 6.92 Å². The van der Waals surface area contributed by atoms with Crippen molar-refractivity contribution >= 4 is 29.4 Å². The van der Waals surface area contributed by atoms with Crippen LogP contribution in [0.5, 0.6) is 5.75 Å². The van der Waals surface area contributed by atoms with Crippen LogP contribution in [-0.4, -0.2) is 29.5 Å². The van der Waals surface area contributed by atoms with Crippen LogP contribution in [0.4, 0.5) is 0 Å². The molecule has 22 heavy (non-hydrogen) atoms. The van der Waals surface area contributed by atoms with Gasteiger partial charge in [-0.15, -0.1) is 0 Å². The fourth-order valence-electron chi connectivity index (χ4n) is 1.56. The quantitative estimate of drug-likeness (QED) is 0.657. The number of carbonyl (C=O) groups is 3. The van der Waals surface area contributed by atoms with Gasteiger partial charge in [0.15, 0.2) is 6.61 Å². The van der Waals surface area contributed by atoms with Crippen molar-refractivity contribution in [2.75, 3.05) is 6.61 Å². The van der Waals surface area contributed by atoms with E-state index in [9.17, 15) is 14.4 Å². The first-order chi connectivity index (χ1) is 10.4. The summed E-state index contributed by atoms with van der Waals surface area (Å²) in [5, 5.41) is 9.01. The van der Waals surface area contributed by atoms with Gasteiger partial charge in [0.05, 0.1) is 0 Å². The number of benzene rings is 1. The molecule has 0 saturated heterocycles. The molecule has 0 unspecified atom stereocenters. The second-order valence-corrected chi connectivity index (χ2v) is 4.98. The second kappa shape index (κ2) is 8.89. The van der Waals surface area contributed by atoms with Gasteiger partial charge in [0.2, 0.25) is 5.91 Å². The number of aliphatic carboxylic acids is 1.